The summed E-state index contributed by atoms with van der Waals surface area (Å²) in [4.78, 5) is 59.8. The molecule has 51 heavy (non-hydrogen) atoms. The number of benzene rings is 2. The molecule has 0 radical (unpaired) electrons. The second-order valence-electron chi connectivity index (χ2n) is 13.5. The molecule has 1 atom stereocenters. The molecule has 1 unspecified atom stereocenters. The molecule has 12 nitrogen and oxygen atoms in total. The summed E-state index contributed by atoms with van der Waals surface area (Å²) in [6, 6.07) is 9.57. The Balaban J connectivity index is 0.000000368. The number of carbonyl (C=O) groups is 5. The van der Waals surface area contributed by atoms with Crippen LogP contribution in [0.15, 0.2) is 49.1 Å². The maximum atomic E-state index is 14.2. The van der Waals surface area contributed by atoms with Crippen LogP contribution in [0, 0.1) is 11.2 Å². The van der Waals surface area contributed by atoms with Gasteiger partial charge in [0.15, 0.2) is 18.1 Å². The number of aliphatic carboxylic acids is 1. The van der Waals surface area contributed by atoms with E-state index in [9.17, 15) is 28.4 Å². The second kappa shape index (κ2) is 19.5. The molecular formula is C38H50FNO11. The van der Waals surface area contributed by atoms with Crippen LogP contribution in [-0.4, -0.2) is 85.2 Å². The SMILES string of the molecule is C=CC(=O)OCC(C)(C)C(=O)C(=O)N1CCCCC1C(=O)O.COc1cc(F)c(CCCc2cccc(OCC(=O)OC(C)(C)C)c2)cc1OC. The number of esters is 2. The van der Waals surface area contributed by atoms with Crippen molar-refractivity contribution in [3.63, 3.8) is 0 Å². The molecule has 0 bridgehead atoms. The fraction of sp³-hybridized carbons (Fsp3) is 0.500. The molecule has 3 rings (SSSR count). The Morgan fingerprint density at radius 1 is 0.980 bits per heavy atom. The lowest BCUT2D eigenvalue weighted by Gasteiger charge is -2.34. The van der Waals surface area contributed by atoms with Crippen LogP contribution in [0.3, 0.4) is 0 Å². The zero-order chi connectivity index (χ0) is 38.4. The van der Waals surface area contributed by atoms with E-state index < -0.39 is 46.7 Å². The molecule has 1 N–H and O–H groups in total. The minimum Gasteiger partial charge on any atom is -0.493 e. The van der Waals surface area contributed by atoms with Crippen molar-refractivity contribution in [2.45, 2.75) is 84.8 Å². The maximum absolute atomic E-state index is 14.2. The van der Waals surface area contributed by atoms with Gasteiger partial charge >= 0.3 is 17.9 Å². The molecule has 1 heterocycles. The Morgan fingerprint density at radius 3 is 2.25 bits per heavy atom. The number of methoxy groups -OCH3 is 2. The first-order valence-corrected chi connectivity index (χ1v) is 16.6. The summed E-state index contributed by atoms with van der Waals surface area (Å²) in [6.45, 7) is 11.5. The first kappa shape index (κ1) is 42.2. The summed E-state index contributed by atoms with van der Waals surface area (Å²) in [7, 11) is 3.01. The van der Waals surface area contributed by atoms with Crippen LogP contribution in [0.25, 0.3) is 0 Å². The fourth-order valence-corrected chi connectivity index (χ4v) is 5.10. The molecule has 1 saturated heterocycles. The largest absolute Gasteiger partial charge is 0.493 e. The topological polar surface area (TPSA) is 155 Å². The van der Waals surface area contributed by atoms with Gasteiger partial charge in [0.2, 0.25) is 5.78 Å². The first-order chi connectivity index (χ1) is 23.9. The monoisotopic (exact) mass is 715 g/mol. The number of hydrogen-bond acceptors (Lipinski definition) is 10. The predicted octanol–water partition coefficient (Wildman–Crippen LogP) is 5.52. The average molecular weight is 716 g/mol. The van der Waals surface area contributed by atoms with Crippen LogP contribution in [0.1, 0.15) is 71.4 Å². The van der Waals surface area contributed by atoms with E-state index in [1.165, 1.54) is 34.1 Å². The van der Waals surface area contributed by atoms with Crippen LogP contribution in [0.2, 0.25) is 0 Å². The number of piperidine rings is 1. The third-order valence-electron chi connectivity index (χ3n) is 7.74. The Bertz CT molecular complexity index is 1550. The van der Waals surface area contributed by atoms with Gasteiger partial charge in [-0.25, -0.2) is 18.8 Å². The van der Waals surface area contributed by atoms with Crippen molar-refractivity contribution in [2.24, 2.45) is 5.41 Å². The molecule has 0 aliphatic carbocycles. The van der Waals surface area contributed by atoms with Gasteiger partial charge in [0.25, 0.3) is 5.91 Å². The van der Waals surface area contributed by atoms with Gasteiger partial charge in [0.1, 0.15) is 29.8 Å². The quantitative estimate of drug-likeness (QED) is 0.141. The number of ketones is 1. The van der Waals surface area contributed by atoms with Crippen LogP contribution >= 0.6 is 0 Å². The standard InChI is InChI=1S/C23H29FO5.C15H21NO6/c1-23(2,3)29-22(25)15-28-18-11-7-9-16(12-18)8-6-10-17-13-20(26-4)21(27-5)14-19(17)24;1-4-11(17)22-9-15(2,3)12(18)13(19)16-8-6-5-7-10(16)14(20)21/h7,9,11-14H,6,8,10,15H2,1-5H3;4,10H,1,5-9H2,2-3H3,(H,20,21). The number of hydrogen-bond donors (Lipinski definition) is 1. The number of likely N-dealkylation sites (tertiary alicyclic amines) is 1. The minimum absolute atomic E-state index is 0.141. The lowest BCUT2D eigenvalue weighted by atomic mass is 9.87. The van der Waals surface area contributed by atoms with Crippen molar-refractivity contribution in [1.29, 1.82) is 0 Å². The number of Topliss-reactive ketones (excluding diaryl/α,β-unsaturated/α-hetero) is 1. The zero-order valence-corrected chi connectivity index (χ0v) is 30.5. The molecule has 0 aromatic heterocycles. The number of carbonyl (C=O) groups excluding carboxylic acids is 4. The smallest absolute Gasteiger partial charge is 0.344 e. The third-order valence-corrected chi connectivity index (χ3v) is 7.74. The van der Waals surface area contributed by atoms with Gasteiger partial charge < -0.3 is 33.7 Å². The molecule has 280 valence electrons. The van der Waals surface area contributed by atoms with Gasteiger partial charge in [-0.1, -0.05) is 18.7 Å². The summed E-state index contributed by atoms with van der Waals surface area (Å²) in [5, 5.41) is 9.16. The molecule has 2 aromatic carbocycles. The van der Waals surface area contributed by atoms with Gasteiger partial charge in [0, 0.05) is 18.7 Å². The number of ether oxygens (including phenoxy) is 5. The van der Waals surface area contributed by atoms with E-state index in [0.717, 1.165) is 29.4 Å². The van der Waals surface area contributed by atoms with Crippen LogP contribution in [0.5, 0.6) is 17.2 Å². The molecule has 2 aromatic rings. The van der Waals surface area contributed by atoms with E-state index in [1.807, 2.05) is 39.0 Å². The maximum Gasteiger partial charge on any atom is 0.344 e. The van der Waals surface area contributed by atoms with Gasteiger partial charge in [-0.15, -0.1) is 0 Å². The van der Waals surface area contributed by atoms with Crippen molar-refractivity contribution in [3.8, 4) is 17.2 Å². The molecule has 1 aliphatic rings. The second-order valence-corrected chi connectivity index (χ2v) is 13.5. The Kier molecular flexibility index (Phi) is 16.1. The molecule has 0 spiro atoms. The predicted molar refractivity (Wildman–Crippen MR) is 186 cm³/mol. The number of nitrogens with zero attached hydrogens (tertiary/aromatic N) is 1. The number of aryl methyl sites for hydroxylation is 2. The van der Waals surface area contributed by atoms with E-state index in [1.54, 1.807) is 12.1 Å². The van der Waals surface area contributed by atoms with Crippen LogP contribution < -0.4 is 14.2 Å². The third kappa shape index (κ3) is 13.7. The van der Waals surface area contributed by atoms with Crippen LogP contribution in [-0.2, 0) is 46.3 Å². The highest BCUT2D eigenvalue weighted by Gasteiger charge is 2.41. The van der Waals surface area contributed by atoms with Gasteiger partial charge in [-0.3, -0.25) is 9.59 Å². The number of carboxylic acids is 1. The molecule has 1 amide bonds. The number of amides is 1. The minimum atomic E-state index is -1.23. The molecular weight excluding hydrogens is 665 g/mol. The molecule has 1 aliphatic heterocycles. The Hall–Kier alpha value is -4.94. The summed E-state index contributed by atoms with van der Waals surface area (Å²) >= 11 is 0. The Labute approximate surface area is 298 Å². The Morgan fingerprint density at radius 2 is 1.65 bits per heavy atom. The van der Waals surface area contributed by atoms with Crippen molar-refractivity contribution in [3.05, 3.63) is 66.0 Å². The molecule has 1 fully saturated rings. The fourth-order valence-electron chi connectivity index (χ4n) is 5.10. The van der Waals surface area contributed by atoms with Crippen molar-refractivity contribution in [2.75, 3.05) is 34.0 Å². The lowest BCUT2D eigenvalue weighted by Crippen LogP contribution is -2.53. The summed E-state index contributed by atoms with van der Waals surface area (Å²) in [6.07, 6.45) is 4.73. The van der Waals surface area contributed by atoms with Gasteiger partial charge in [0.05, 0.1) is 19.6 Å². The molecule has 0 saturated carbocycles. The van der Waals surface area contributed by atoms with Crippen molar-refractivity contribution >= 4 is 29.6 Å². The lowest BCUT2D eigenvalue weighted by molar-refractivity contribution is -0.159. The van der Waals surface area contributed by atoms with E-state index >= 15 is 0 Å². The number of halogens is 1. The highest BCUT2D eigenvalue weighted by atomic mass is 19.1. The highest BCUT2D eigenvalue weighted by Crippen LogP contribution is 2.31. The van der Waals surface area contributed by atoms with E-state index in [2.05, 4.69) is 6.58 Å². The van der Waals surface area contributed by atoms with E-state index in [-0.39, 0.29) is 25.6 Å². The van der Waals surface area contributed by atoms with Gasteiger partial charge in [-0.05, 0) is 102 Å². The summed E-state index contributed by atoms with van der Waals surface area (Å²) in [5.41, 5.74) is -0.134. The van der Waals surface area contributed by atoms with Crippen LogP contribution in [0.4, 0.5) is 4.39 Å². The van der Waals surface area contributed by atoms with E-state index in [0.29, 0.717) is 48.5 Å². The normalized spacial score (nSPS) is 14.3. The highest BCUT2D eigenvalue weighted by molar-refractivity contribution is 6.38. The van der Waals surface area contributed by atoms with E-state index in [4.69, 9.17) is 28.8 Å². The average Bonchev–Trinajstić information content (AvgIpc) is 3.09. The van der Waals surface area contributed by atoms with Crippen molar-refractivity contribution in [1.82, 2.24) is 4.90 Å². The number of carboxylic acid groups (broad SMARTS) is 1. The number of rotatable bonds is 15. The zero-order valence-electron chi connectivity index (χ0n) is 30.5. The van der Waals surface area contributed by atoms with Crippen molar-refractivity contribution < 1.29 is 57.2 Å². The summed E-state index contributed by atoms with van der Waals surface area (Å²) in [5.74, 6) is -2.63. The summed E-state index contributed by atoms with van der Waals surface area (Å²) < 4.78 is 40.2. The van der Waals surface area contributed by atoms with Gasteiger partial charge in [-0.2, -0.15) is 0 Å². The molecule has 13 heteroatoms. The first-order valence-electron chi connectivity index (χ1n) is 16.6.